The van der Waals surface area contributed by atoms with E-state index in [1.165, 1.54) is 0 Å². The first-order valence-electron chi connectivity index (χ1n) is 6.41. The van der Waals surface area contributed by atoms with E-state index in [1.807, 2.05) is 44.2 Å². The van der Waals surface area contributed by atoms with E-state index in [1.54, 1.807) is 6.07 Å². The molecule has 2 amide bonds. The summed E-state index contributed by atoms with van der Waals surface area (Å²) in [5.74, 6) is 0.0467. The molecule has 20 heavy (non-hydrogen) atoms. The molecule has 5 heteroatoms. The first kappa shape index (κ1) is 13.9. The summed E-state index contributed by atoms with van der Waals surface area (Å²) in [6.45, 7) is 3.81. The van der Waals surface area contributed by atoms with Gasteiger partial charge in [-0.2, -0.15) is 0 Å². The van der Waals surface area contributed by atoms with Crippen LogP contribution in [0.15, 0.2) is 36.4 Å². The first-order chi connectivity index (χ1) is 9.45. The predicted octanol–water partition coefficient (Wildman–Crippen LogP) is 2.65. The highest BCUT2D eigenvalue weighted by Gasteiger charge is 2.05. The van der Waals surface area contributed by atoms with Crippen molar-refractivity contribution in [3.63, 3.8) is 0 Å². The second kappa shape index (κ2) is 5.61. The number of carbonyl (C=O) groups excluding carboxylic acids is 1. The second-order valence-corrected chi connectivity index (χ2v) is 4.94. The molecule has 5 N–H and O–H groups in total. The Morgan fingerprint density at radius 1 is 1.15 bits per heavy atom. The molecule has 0 radical (unpaired) electrons. The van der Waals surface area contributed by atoms with Gasteiger partial charge in [-0.1, -0.05) is 18.2 Å². The standard InChI is InChI=1S/C15H18N4O/c1-9(2)18-15(20)19-13-6-5-10-7-12(14(16)17)4-3-11(10)8-13/h3-9H,1-2H3,(H3,16,17)(H2,18,19,20). The van der Waals surface area contributed by atoms with E-state index < -0.39 is 0 Å². The molecule has 0 unspecified atom stereocenters. The van der Waals surface area contributed by atoms with E-state index in [0.717, 1.165) is 16.5 Å². The van der Waals surface area contributed by atoms with Crippen LogP contribution in [0, 0.1) is 5.41 Å². The number of rotatable bonds is 3. The van der Waals surface area contributed by atoms with Crippen LogP contribution in [0.5, 0.6) is 0 Å². The van der Waals surface area contributed by atoms with Gasteiger partial charge in [0.2, 0.25) is 0 Å². The van der Waals surface area contributed by atoms with Crippen LogP contribution in [0.1, 0.15) is 19.4 Å². The number of nitrogens with two attached hydrogens (primary N) is 1. The molecule has 2 aromatic carbocycles. The predicted molar refractivity (Wildman–Crippen MR) is 82.3 cm³/mol. The number of nitrogen functional groups attached to an aromatic ring is 1. The van der Waals surface area contributed by atoms with Crippen LogP contribution in [0.3, 0.4) is 0 Å². The summed E-state index contributed by atoms with van der Waals surface area (Å²) < 4.78 is 0. The van der Waals surface area contributed by atoms with Gasteiger partial charge in [0.05, 0.1) is 0 Å². The van der Waals surface area contributed by atoms with Crippen molar-refractivity contribution in [3.05, 3.63) is 42.0 Å². The highest BCUT2D eigenvalue weighted by atomic mass is 16.2. The number of nitrogens with one attached hydrogen (secondary N) is 3. The largest absolute Gasteiger partial charge is 0.384 e. The first-order valence-corrected chi connectivity index (χ1v) is 6.41. The maximum absolute atomic E-state index is 11.6. The monoisotopic (exact) mass is 270 g/mol. The topological polar surface area (TPSA) is 91.0 Å². The fourth-order valence-electron chi connectivity index (χ4n) is 1.92. The van der Waals surface area contributed by atoms with Crippen LogP contribution in [-0.4, -0.2) is 17.9 Å². The maximum Gasteiger partial charge on any atom is 0.319 e. The average Bonchev–Trinajstić information content (AvgIpc) is 2.36. The molecule has 0 heterocycles. The van der Waals surface area contributed by atoms with E-state index in [-0.39, 0.29) is 17.9 Å². The van der Waals surface area contributed by atoms with Crippen LogP contribution >= 0.6 is 0 Å². The van der Waals surface area contributed by atoms with Gasteiger partial charge in [-0.05, 0) is 42.8 Å². The minimum absolute atomic E-state index is 0.0467. The molecular weight excluding hydrogens is 252 g/mol. The third-order valence-electron chi connectivity index (χ3n) is 2.83. The molecule has 2 rings (SSSR count). The Labute approximate surface area is 117 Å². The molecule has 0 spiro atoms. The highest BCUT2D eigenvalue weighted by molar-refractivity contribution is 6.00. The van der Waals surface area contributed by atoms with Gasteiger partial charge >= 0.3 is 6.03 Å². The third kappa shape index (κ3) is 3.26. The molecule has 0 aliphatic heterocycles. The second-order valence-electron chi connectivity index (χ2n) is 4.94. The minimum atomic E-state index is -0.222. The van der Waals surface area contributed by atoms with E-state index >= 15 is 0 Å². The molecular formula is C15H18N4O. The normalized spacial score (nSPS) is 10.6. The molecule has 0 aromatic heterocycles. The molecule has 0 saturated heterocycles. The van der Waals surface area contributed by atoms with Gasteiger partial charge in [0, 0.05) is 17.3 Å². The summed E-state index contributed by atoms with van der Waals surface area (Å²) in [4.78, 5) is 11.6. The highest BCUT2D eigenvalue weighted by Crippen LogP contribution is 2.20. The summed E-state index contributed by atoms with van der Waals surface area (Å²) in [6.07, 6.45) is 0. The fourth-order valence-corrected chi connectivity index (χ4v) is 1.92. The zero-order valence-electron chi connectivity index (χ0n) is 11.5. The number of hydrogen-bond donors (Lipinski definition) is 4. The number of benzene rings is 2. The lowest BCUT2D eigenvalue weighted by Crippen LogP contribution is -2.34. The van der Waals surface area contributed by atoms with E-state index in [2.05, 4.69) is 10.6 Å². The number of amides is 2. The van der Waals surface area contributed by atoms with Crippen molar-refractivity contribution < 1.29 is 4.79 Å². The zero-order chi connectivity index (χ0) is 14.7. The van der Waals surface area contributed by atoms with E-state index in [9.17, 15) is 4.79 Å². The molecule has 0 aliphatic carbocycles. The lowest BCUT2D eigenvalue weighted by atomic mass is 10.1. The molecule has 2 aromatic rings. The van der Waals surface area contributed by atoms with Crippen molar-refractivity contribution in [1.82, 2.24) is 5.32 Å². The van der Waals surface area contributed by atoms with Gasteiger partial charge in [-0.25, -0.2) is 4.79 Å². The summed E-state index contributed by atoms with van der Waals surface area (Å²) in [5, 5.41) is 14.9. The van der Waals surface area contributed by atoms with Gasteiger partial charge in [-0.3, -0.25) is 5.41 Å². The van der Waals surface area contributed by atoms with Crippen molar-refractivity contribution in [1.29, 1.82) is 5.41 Å². The zero-order valence-corrected chi connectivity index (χ0v) is 11.5. The minimum Gasteiger partial charge on any atom is -0.384 e. The van der Waals surface area contributed by atoms with Gasteiger partial charge in [-0.15, -0.1) is 0 Å². The molecule has 0 saturated carbocycles. The Morgan fingerprint density at radius 2 is 1.80 bits per heavy atom. The van der Waals surface area contributed by atoms with Crippen LogP contribution < -0.4 is 16.4 Å². The lowest BCUT2D eigenvalue weighted by molar-refractivity contribution is 0.250. The summed E-state index contributed by atoms with van der Waals surface area (Å²) in [7, 11) is 0. The molecule has 0 fully saturated rings. The summed E-state index contributed by atoms with van der Waals surface area (Å²) >= 11 is 0. The Kier molecular flexibility index (Phi) is 3.89. The molecule has 104 valence electrons. The van der Waals surface area contributed by atoms with Crippen LogP contribution in [0.4, 0.5) is 10.5 Å². The number of hydrogen-bond acceptors (Lipinski definition) is 2. The number of amidine groups is 1. The SMILES string of the molecule is CC(C)NC(=O)Nc1ccc2cc(C(=N)N)ccc2c1. The maximum atomic E-state index is 11.6. The Bertz CT molecular complexity index is 664. The Hall–Kier alpha value is -2.56. The van der Waals surface area contributed by atoms with Gasteiger partial charge in [0.25, 0.3) is 0 Å². The van der Waals surface area contributed by atoms with E-state index in [4.69, 9.17) is 11.1 Å². The fraction of sp³-hybridized carbons (Fsp3) is 0.200. The lowest BCUT2D eigenvalue weighted by Gasteiger charge is -2.11. The number of carbonyl (C=O) groups is 1. The van der Waals surface area contributed by atoms with Crippen LogP contribution in [-0.2, 0) is 0 Å². The average molecular weight is 270 g/mol. The van der Waals surface area contributed by atoms with Gasteiger partial charge in [0.15, 0.2) is 0 Å². The summed E-state index contributed by atoms with van der Waals surface area (Å²) in [5.41, 5.74) is 6.88. The molecule has 5 nitrogen and oxygen atoms in total. The smallest absolute Gasteiger partial charge is 0.319 e. The van der Waals surface area contributed by atoms with Crippen molar-refractivity contribution in [2.75, 3.05) is 5.32 Å². The molecule has 0 bridgehead atoms. The number of anilines is 1. The molecule has 0 atom stereocenters. The van der Waals surface area contributed by atoms with Crippen molar-refractivity contribution in [2.45, 2.75) is 19.9 Å². The number of urea groups is 1. The summed E-state index contributed by atoms with van der Waals surface area (Å²) in [6, 6.07) is 11.0. The van der Waals surface area contributed by atoms with Crippen LogP contribution in [0.2, 0.25) is 0 Å². The quantitative estimate of drug-likeness (QED) is 0.510. The van der Waals surface area contributed by atoms with Gasteiger partial charge < -0.3 is 16.4 Å². The third-order valence-corrected chi connectivity index (χ3v) is 2.83. The van der Waals surface area contributed by atoms with Gasteiger partial charge in [0.1, 0.15) is 5.84 Å². The Morgan fingerprint density at radius 3 is 2.45 bits per heavy atom. The Balaban J connectivity index is 2.24. The molecule has 0 aliphatic rings. The number of fused-ring (bicyclic) bond motifs is 1. The van der Waals surface area contributed by atoms with E-state index in [0.29, 0.717) is 5.56 Å². The van der Waals surface area contributed by atoms with Crippen molar-refractivity contribution >= 4 is 28.3 Å². The van der Waals surface area contributed by atoms with Crippen LogP contribution in [0.25, 0.3) is 10.8 Å². The van der Waals surface area contributed by atoms with Crippen molar-refractivity contribution in [3.8, 4) is 0 Å². The van der Waals surface area contributed by atoms with Crippen molar-refractivity contribution in [2.24, 2.45) is 5.73 Å².